The Kier molecular flexibility index (Phi) is 4.01. The number of hydrogen-bond donors (Lipinski definition) is 2. The van der Waals surface area contributed by atoms with E-state index in [4.69, 9.17) is 5.11 Å². The number of H-pyrrole nitrogens is 1. The van der Waals surface area contributed by atoms with Gasteiger partial charge in [0.05, 0.1) is 22.8 Å². The zero-order valence-electron chi connectivity index (χ0n) is 10.5. The van der Waals surface area contributed by atoms with Crippen molar-refractivity contribution in [1.29, 1.82) is 0 Å². The summed E-state index contributed by atoms with van der Waals surface area (Å²) >= 11 is 0. The second kappa shape index (κ2) is 5.54. The van der Waals surface area contributed by atoms with Crippen molar-refractivity contribution in [1.82, 2.24) is 20.7 Å². The highest BCUT2D eigenvalue weighted by Crippen LogP contribution is 2.29. The summed E-state index contributed by atoms with van der Waals surface area (Å²) in [5.74, 6) is -0.328. The van der Waals surface area contributed by atoms with Crippen molar-refractivity contribution >= 4 is 26.6 Å². The topological polar surface area (TPSA) is 110 Å². The van der Waals surface area contributed by atoms with E-state index in [1.54, 1.807) is 6.07 Å². The maximum Gasteiger partial charge on any atom is 0.182 e. The van der Waals surface area contributed by atoms with Gasteiger partial charge in [-0.25, -0.2) is 8.42 Å². The van der Waals surface area contributed by atoms with Crippen LogP contribution in [-0.4, -0.2) is 47.8 Å². The summed E-state index contributed by atoms with van der Waals surface area (Å²) in [6.45, 7) is 2.04. The highest BCUT2D eigenvalue weighted by Gasteiger charge is 2.22. The first kappa shape index (κ1) is 13.8. The van der Waals surface area contributed by atoms with E-state index < -0.39 is 16.4 Å². The second-order valence-corrected chi connectivity index (χ2v) is 6.12. The van der Waals surface area contributed by atoms with E-state index in [-0.39, 0.29) is 10.6 Å². The molecule has 1 aromatic heterocycles. The Morgan fingerprint density at radius 2 is 2.21 bits per heavy atom. The van der Waals surface area contributed by atoms with Crippen LogP contribution < -0.4 is 5.32 Å². The highest BCUT2D eigenvalue weighted by molar-refractivity contribution is 7.91. The fourth-order valence-corrected chi connectivity index (χ4v) is 2.93. The molecule has 19 heavy (non-hydrogen) atoms. The maximum absolute atomic E-state index is 12.1. The zero-order valence-corrected chi connectivity index (χ0v) is 11.3. The number of benzene rings is 1. The van der Waals surface area contributed by atoms with Crippen LogP contribution in [0.5, 0.6) is 0 Å². The summed E-state index contributed by atoms with van der Waals surface area (Å²) in [6, 6.07) is 3.08. The monoisotopic (exact) mass is 283 g/mol. The molecule has 2 rings (SSSR count). The van der Waals surface area contributed by atoms with Crippen LogP contribution in [0, 0.1) is 0 Å². The van der Waals surface area contributed by atoms with Crippen molar-refractivity contribution in [3.05, 3.63) is 12.1 Å². The lowest BCUT2D eigenvalue weighted by atomic mass is 10.2. The van der Waals surface area contributed by atoms with Gasteiger partial charge in [-0.3, -0.25) is 10.4 Å². The Hall–Kier alpha value is -1.67. The van der Waals surface area contributed by atoms with Gasteiger partial charge in [-0.1, -0.05) is 12.1 Å². The molecule has 0 atom stereocenters. The standard InChI is InChI=1S/C11H15N4O3S/c1-2-5-12-11-9(19(17,18)7-6-16)4-3-8-10(11)14-15-13-8/h3-4,16H,2,5-7H2,1H3,(H,13,14,15). The van der Waals surface area contributed by atoms with Gasteiger partial charge in [-0.15, -0.1) is 5.10 Å². The molecule has 1 radical (unpaired) electrons. The molecule has 0 saturated heterocycles. The molecule has 2 N–H and O–H groups in total. The molecule has 1 heterocycles. The lowest BCUT2D eigenvalue weighted by molar-refractivity contribution is 0.319. The number of fused-ring (bicyclic) bond motifs is 1. The largest absolute Gasteiger partial charge is 0.395 e. The first-order chi connectivity index (χ1) is 9.10. The molecular weight excluding hydrogens is 268 g/mol. The van der Waals surface area contributed by atoms with Crippen molar-refractivity contribution in [3.63, 3.8) is 0 Å². The SMILES string of the molecule is CCC[N]c1c(S(=O)(=O)CCO)ccc2[nH]nnc12. The van der Waals surface area contributed by atoms with Gasteiger partial charge in [-0.05, 0) is 18.6 Å². The number of aliphatic hydroxyl groups is 1. The Morgan fingerprint density at radius 3 is 2.89 bits per heavy atom. The van der Waals surface area contributed by atoms with Crippen LogP contribution in [0.2, 0.25) is 0 Å². The summed E-state index contributed by atoms with van der Waals surface area (Å²) in [5, 5.41) is 23.4. The fraction of sp³-hybridized carbons (Fsp3) is 0.455. The zero-order chi connectivity index (χ0) is 13.9. The summed E-state index contributed by atoms with van der Waals surface area (Å²) < 4.78 is 24.2. The molecule has 0 unspecified atom stereocenters. The molecule has 7 nitrogen and oxygen atoms in total. The smallest absolute Gasteiger partial charge is 0.182 e. The number of nitrogens with one attached hydrogen (secondary N) is 1. The van der Waals surface area contributed by atoms with Crippen LogP contribution >= 0.6 is 0 Å². The van der Waals surface area contributed by atoms with E-state index in [0.717, 1.165) is 6.42 Å². The predicted molar refractivity (Wildman–Crippen MR) is 70.0 cm³/mol. The van der Waals surface area contributed by atoms with Gasteiger partial charge in [0, 0.05) is 6.54 Å². The Bertz CT molecular complexity index is 666. The molecule has 8 heteroatoms. The van der Waals surface area contributed by atoms with E-state index in [1.807, 2.05) is 6.92 Å². The number of aromatic amines is 1. The minimum atomic E-state index is -3.57. The Morgan fingerprint density at radius 1 is 1.42 bits per heavy atom. The molecule has 1 aromatic carbocycles. The first-order valence-electron chi connectivity index (χ1n) is 5.95. The van der Waals surface area contributed by atoms with Crippen molar-refractivity contribution in [2.24, 2.45) is 0 Å². The summed E-state index contributed by atoms with van der Waals surface area (Å²) in [5.41, 5.74) is 1.40. The van der Waals surface area contributed by atoms with Crippen LogP contribution in [0.4, 0.5) is 5.69 Å². The molecule has 0 saturated carbocycles. The quantitative estimate of drug-likeness (QED) is 0.795. The molecule has 0 bridgehead atoms. The average molecular weight is 283 g/mol. The van der Waals surface area contributed by atoms with E-state index >= 15 is 0 Å². The molecule has 0 aliphatic rings. The molecule has 2 aromatic rings. The molecule has 0 fully saturated rings. The second-order valence-electron chi connectivity index (χ2n) is 4.04. The lowest BCUT2D eigenvalue weighted by Crippen LogP contribution is -2.13. The molecule has 0 amide bonds. The molecule has 0 spiro atoms. The summed E-state index contributed by atoms with van der Waals surface area (Å²) in [6.07, 6.45) is 0.799. The van der Waals surface area contributed by atoms with E-state index in [2.05, 4.69) is 20.7 Å². The predicted octanol–water partition coefficient (Wildman–Crippen LogP) is 0.370. The number of hydrogen-bond acceptors (Lipinski definition) is 5. The fourth-order valence-electron chi connectivity index (χ4n) is 1.74. The lowest BCUT2D eigenvalue weighted by Gasteiger charge is -2.09. The first-order valence-corrected chi connectivity index (χ1v) is 7.60. The third-order valence-corrected chi connectivity index (χ3v) is 4.34. The summed E-state index contributed by atoms with van der Waals surface area (Å²) in [7, 11) is -3.57. The van der Waals surface area contributed by atoms with Crippen molar-refractivity contribution < 1.29 is 13.5 Å². The minimum Gasteiger partial charge on any atom is -0.395 e. The minimum absolute atomic E-state index is 0.0939. The number of rotatable bonds is 6. The van der Waals surface area contributed by atoms with Crippen LogP contribution in [0.3, 0.4) is 0 Å². The van der Waals surface area contributed by atoms with Crippen LogP contribution in [-0.2, 0) is 9.84 Å². The number of nitrogens with zero attached hydrogens (tertiary/aromatic N) is 3. The van der Waals surface area contributed by atoms with Crippen LogP contribution in [0.1, 0.15) is 13.3 Å². The average Bonchev–Trinajstić information content (AvgIpc) is 2.84. The molecule has 0 aliphatic heterocycles. The van der Waals surface area contributed by atoms with Crippen molar-refractivity contribution in [3.8, 4) is 0 Å². The Labute approximate surface area is 110 Å². The third-order valence-electron chi connectivity index (χ3n) is 2.62. The number of aliphatic hydroxyl groups excluding tert-OH is 1. The van der Waals surface area contributed by atoms with Gasteiger partial charge in [0.2, 0.25) is 0 Å². The van der Waals surface area contributed by atoms with Gasteiger partial charge >= 0.3 is 0 Å². The molecule has 103 valence electrons. The third kappa shape index (κ3) is 2.69. The Balaban J connectivity index is 2.59. The van der Waals surface area contributed by atoms with Crippen molar-refractivity contribution in [2.75, 3.05) is 18.9 Å². The molecule has 0 aliphatic carbocycles. The van der Waals surface area contributed by atoms with Gasteiger partial charge in [-0.2, -0.15) is 0 Å². The number of aromatic nitrogens is 3. The van der Waals surface area contributed by atoms with Crippen molar-refractivity contribution in [2.45, 2.75) is 18.2 Å². The van der Waals surface area contributed by atoms with Gasteiger partial charge in [0.1, 0.15) is 11.2 Å². The van der Waals surface area contributed by atoms with E-state index in [9.17, 15) is 8.42 Å². The van der Waals surface area contributed by atoms with Gasteiger partial charge in [0.25, 0.3) is 0 Å². The van der Waals surface area contributed by atoms with Gasteiger partial charge in [0.15, 0.2) is 9.84 Å². The van der Waals surface area contributed by atoms with Crippen LogP contribution in [0.25, 0.3) is 11.0 Å². The maximum atomic E-state index is 12.1. The van der Waals surface area contributed by atoms with Crippen LogP contribution in [0.15, 0.2) is 17.0 Å². The van der Waals surface area contributed by atoms with E-state index in [1.165, 1.54) is 6.07 Å². The molecular formula is C11H15N4O3S. The van der Waals surface area contributed by atoms with E-state index in [0.29, 0.717) is 23.3 Å². The normalized spacial score (nSPS) is 11.9. The van der Waals surface area contributed by atoms with Gasteiger partial charge < -0.3 is 5.11 Å². The number of sulfone groups is 1. The highest BCUT2D eigenvalue weighted by atomic mass is 32.2. The summed E-state index contributed by atoms with van der Waals surface area (Å²) in [4.78, 5) is 0.0939.